The molecule has 3 aromatic rings. The summed E-state index contributed by atoms with van der Waals surface area (Å²) in [4.78, 5) is 0. The molecular weight excluding hydrogens is 468 g/mol. The summed E-state index contributed by atoms with van der Waals surface area (Å²) >= 11 is 0. The molecule has 0 aromatic heterocycles. The molecule has 0 unspecified atom stereocenters. The minimum atomic E-state index is -0.451. The van der Waals surface area contributed by atoms with E-state index in [4.69, 9.17) is 28.8 Å². The first kappa shape index (κ1) is 24.8. The van der Waals surface area contributed by atoms with Crippen molar-refractivity contribution in [2.24, 2.45) is 5.10 Å². The smallest absolute Gasteiger partial charge is 0.214 e. The van der Waals surface area contributed by atoms with Crippen LogP contribution < -0.4 is 23.7 Å². The predicted molar refractivity (Wildman–Crippen MR) is 143 cm³/mol. The van der Waals surface area contributed by atoms with Gasteiger partial charge < -0.3 is 23.7 Å². The van der Waals surface area contributed by atoms with Gasteiger partial charge >= 0.3 is 0 Å². The molecule has 0 fully saturated rings. The quantitative estimate of drug-likeness (QED) is 0.294. The number of unbranched alkanes of at least 4 members (excludes halogenated alkanes) is 2. The highest BCUT2D eigenvalue weighted by Crippen LogP contribution is 2.51. The van der Waals surface area contributed by atoms with Gasteiger partial charge in [0.05, 0.1) is 39.7 Å². The fourth-order valence-electron chi connectivity index (χ4n) is 4.91. The fourth-order valence-corrected chi connectivity index (χ4v) is 4.91. The number of benzene rings is 3. The second-order valence-electron chi connectivity index (χ2n) is 9.19. The Labute approximate surface area is 218 Å². The van der Waals surface area contributed by atoms with E-state index in [-0.39, 0.29) is 6.04 Å². The summed E-state index contributed by atoms with van der Waals surface area (Å²) in [5.41, 5.74) is 4.05. The normalized spacial score (nSPS) is 17.8. The molecule has 3 aromatic carbocycles. The molecule has 7 nitrogen and oxygen atoms in total. The molecule has 0 N–H and O–H groups in total. The lowest BCUT2D eigenvalue weighted by Crippen LogP contribution is -2.33. The highest BCUT2D eigenvalue weighted by Gasteiger charge is 2.42. The van der Waals surface area contributed by atoms with E-state index in [1.807, 2.05) is 54.6 Å². The summed E-state index contributed by atoms with van der Waals surface area (Å²) in [5, 5.41) is 7.12. The molecule has 0 saturated carbocycles. The fraction of sp³-hybridized carbons (Fsp3) is 0.367. The number of ether oxygens (including phenoxy) is 5. The largest absolute Gasteiger partial charge is 0.497 e. The third-order valence-corrected chi connectivity index (χ3v) is 6.90. The van der Waals surface area contributed by atoms with E-state index in [2.05, 4.69) is 18.0 Å². The van der Waals surface area contributed by atoms with Crippen molar-refractivity contribution in [1.29, 1.82) is 0 Å². The van der Waals surface area contributed by atoms with Crippen molar-refractivity contribution in [2.75, 3.05) is 27.9 Å². The minimum absolute atomic E-state index is 0.0110. The van der Waals surface area contributed by atoms with Crippen molar-refractivity contribution in [3.8, 4) is 28.7 Å². The van der Waals surface area contributed by atoms with Crippen LogP contribution in [0, 0.1) is 0 Å². The third-order valence-electron chi connectivity index (χ3n) is 6.90. The van der Waals surface area contributed by atoms with Gasteiger partial charge in [0.2, 0.25) is 6.23 Å². The van der Waals surface area contributed by atoms with Crippen molar-refractivity contribution < 1.29 is 23.7 Å². The van der Waals surface area contributed by atoms with Crippen LogP contribution >= 0.6 is 0 Å². The first-order chi connectivity index (χ1) is 18.2. The Kier molecular flexibility index (Phi) is 7.40. The highest BCUT2D eigenvalue weighted by molar-refractivity contribution is 6.02. The van der Waals surface area contributed by atoms with Crippen LogP contribution in [0.15, 0.2) is 65.8 Å². The van der Waals surface area contributed by atoms with E-state index in [9.17, 15) is 0 Å². The lowest BCUT2D eigenvalue weighted by atomic mass is 9.95. The Morgan fingerprint density at radius 2 is 1.70 bits per heavy atom. The molecule has 0 aliphatic carbocycles. The Morgan fingerprint density at radius 3 is 2.43 bits per heavy atom. The molecular formula is C30H34N2O5. The Balaban J connectivity index is 1.51. The van der Waals surface area contributed by atoms with Crippen LogP contribution in [0.2, 0.25) is 0 Å². The summed E-state index contributed by atoms with van der Waals surface area (Å²) < 4.78 is 29.3. The van der Waals surface area contributed by atoms with E-state index < -0.39 is 6.23 Å². The number of hydrogen-bond donors (Lipinski definition) is 0. The monoisotopic (exact) mass is 502 g/mol. The molecule has 37 heavy (non-hydrogen) atoms. The summed E-state index contributed by atoms with van der Waals surface area (Å²) in [6.07, 6.45) is 3.61. The zero-order chi connectivity index (χ0) is 25.8. The summed E-state index contributed by atoms with van der Waals surface area (Å²) in [5.74, 6) is 3.69. The Morgan fingerprint density at radius 1 is 0.892 bits per heavy atom. The van der Waals surface area contributed by atoms with Crippen molar-refractivity contribution in [2.45, 2.75) is 44.9 Å². The van der Waals surface area contributed by atoms with Gasteiger partial charge in [0.15, 0.2) is 23.0 Å². The first-order valence-corrected chi connectivity index (χ1v) is 12.8. The standard InChI is InChI=1S/C30H34N2O5/c1-5-6-7-17-36-26-16-13-21(18-28(26)35-4)30-32-25(23-9-8-10-27(34-3)29(23)37-30)19-24(31-32)20-11-14-22(33-2)15-12-20/h8-16,18,25,30H,5-7,17,19H2,1-4H3/t25-,30+/m1/s1. The van der Waals surface area contributed by atoms with Crippen LogP contribution in [-0.4, -0.2) is 38.7 Å². The van der Waals surface area contributed by atoms with Gasteiger partial charge in [-0.15, -0.1) is 0 Å². The van der Waals surface area contributed by atoms with Crippen molar-refractivity contribution in [1.82, 2.24) is 5.01 Å². The molecule has 7 heteroatoms. The number of methoxy groups -OCH3 is 3. The number of nitrogens with zero attached hydrogens (tertiary/aromatic N) is 2. The number of para-hydroxylation sites is 1. The topological polar surface area (TPSA) is 61.8 Å². The molecule has 5 rings (SSSR count). The second kappa shape index (κ2) is 11.0. The molecule has 0 radical (unpaired) electrons. The van der Waals surface area contributed by atoms with Crippen molar-refractivity contribution >= 4 is 5.71 Å². The molecule has 0 spiro atoms. The van der Waals surface area contributed by atoms with Crippen molar-refractivity contribution in [3.05, 3.63) is 77.4 Å². The van der Waals surface area contributed by atoms with Gasteiger partial charge in [-0.1, -0.05) is 31.9 Å². The highest BCUT2D eigenvalue weighted by atomic mass is 16.5. The molecule has 2 atom stereocenters. The van der Waals surface area contributed by atoms with Crippen LogP contribution in [0.1, 0.15) is 61.6 Å². The molecule has 2 heterocycles. The Hall–Kier alpha value is -3.87. The number of hydrogen-bond acceptors (Lipinski definition) is 7. The van der Waals surface area contributed by atoms with Gasteiger partial charge in [-0.2, -0.15) is 5.10 Å². The van der Waals surface area contributed by atoms with Crippen molar-refractivity contribution in [3.63, 3.8) is 0 Å². The molecule has 194 valence electrons. The maximum atomic E-state index is 6.60. The van der Waals surface area contributed by atoms with Crippen LogP contribution in [0.3, 0.4) is 0 Å². The summed E-state index contributed by atoms with van der Waals surface area (Å²) in [7, 11) is 5.00. The van der Waals surface area contributed by atoms with Gasteiger partial charge in [-0.3, -0.25) is 0 Å². The van der Waals surface area contributed by atoms with E-state index in [0.717, 1.165) is 65.3 Å². The lowest BCUT2D eigenvalue weighted by Gasteiger charge is -2.38. The maximum Gasteiger partial charge on any atom is 0.214 e. The first-order valence-electron chi connectivity index (χ1n) is 12.8. The molecule has 0 saturated heterocycles. The molecule has 0 amide bonds. The van der Waals surface area contributed by atoms with Crippen LogP contribution in [0.4, 0.5) is 0 Å². The zero-order valence-corrected chi connectivity index (χ0v) is 21.9. The van der Waals surface area contributed by atoms with Gasteiger partial charge in [0, 0.05) is 17.5 Å². The van der Waals surface area contributed by atoms with E-state index in [0.29, 0.717) is 18.1 Å². The number of fused-ring (bicyclic) bond motifs is 3. The van der Waals surface area contributed by atoms with Gasteiger partial charge in [-0.05, 0) is 60.5 Å². The van der Waals surface area contributed by atoms with E-state index in [1.165, 1.54) is 0 Å². The average molecular weight is 503 g/mol. The van der Waals surface area contributed by atoms with Crippen LogP contribution in [0.25, 0.3) is 0 Å². The van der Waals surface area contributed by atoms with Gasteiger partial charge in [0.1, 0.15) is 5.75 Å². The van der Waals surface area contributed by atoms with E-state index in [1.54, 1.807) is 21.3 Å². The van der Waals surface area contributed by atoms with E-state index >= 15 is 0 Å². The molecule has 0 bridgehead atoms. The van der Waals surface area contributed by atoms with Gasteiger partial charge in [-0.25, -0.2) is 5.01 Å². The third kappa shape index (κ3) is 4.90. The zero-order valence-electron chi connectivity index (χ0n) is 21.9. The molecule has 2 aliphatic rings. The number of rotatable bonds is 10. The Bertz CT molecular complexity index is 1260. The van der Waals surface area contributed by atoms with Gasteiger partial charge in [0.25, 0.3) is 0 Å². The number of hydrazone groups is 1. The maximum absolute atomic E-state index is 6.60. The average Bonchev–Trinajstić information content (AvgIpc) is 3.40. The minimum Gasteiger partial charge on any atom is -0.497 e. The second-order valence-corrected chi connectivity index (χ2v) is 9.19. The van der Waals surface area contributed by atoms with Crippen LogP contribution in [0.5, 0.6) is 28.7 Å². The summed E-state index contributed by atoms with van der Waals surface area (Å²) in [6.45, 7) is 2.85. The summed E-state index contributed by atoms with van der Waals surface area (Å²) in [6, 6.07) is 20.0. The predicted octanol–water partition coefficient (Wildman–Crippen LogP) is 6.52. The SMILES string of the molecule is CCCCCOc1ccc([C@@H]2Oc3c(OC)cccc3[C@H]3CC(c4ccc(OC)cc4)=NN32)cc1OC. The molecule has 2 aliphatic heterocycles. The lowest BCUT2D eigenvalue weighted by molar-refractivity contribution is -0.0210. The van der Waals surface area contributed by atoms with Crippen LogP contribution in [-0.2, 0) is 0 Å².